The minimum atomic E-state index is 0.330. The molecule has 104 valence electrons. The zero-order valence-corrected chi connectivity index (χ0v) is 12.8. The minimum Gasteiger partial charge on any atom is -0.307 e. The molecule has 4 nitrogen and oxygen atoms in total. The molecule has 6 heteroatoms. The van der Waals surface area contributed by atoms with Crippen LogP contribution in [0.15, 0.2) is 12.3 Å². The summed E-state index contributed by atoms with van der Waals surface area (Å²) in [7, 11) is 0. The van der Waals surface area contributed by atoms with E-state index < -0.39 is 0 Å². The molecule has 2 aromatic heterocycles. The van der Waals surface area contributed by atoms with Gasteiger partial charge in [0, 0.05) is 24.8 Å². The van der Waals surface area contributed by atoms with Crippen LogP contribution < -0.4 is 5.32 Å². The van der Waals surface area contributed by atoms with Crippen LogP contribution in [0.4, 0.5) is 0 Å². The van der Waals surface area contributed by atoms with Gasteiger partial charge in [-0.15, -0.1) is 0 Å². The van der Waals surface area contributed by atoms with E-state index in [4.69, 9.17) is 23.2 Å². The standard InChI is InChI=1S/C14H14Cl2N4/c1-7(2)12-9-5-17-6-11(9)19-14(20-12)13-10(16)3-8(15)4-18-13/h3-4,7,17H,5-6H2,1-2H3. The maximum atomic E-state index is 6.20. The van der Waals surface area contributed by atoms with E-state index in [0.29, 0.717) is 27.5 Å². The summed E-state index contributed by atoms with van der Waals surface area (Å²) < 4.78 is 0. The predicted molar refractivity (Wildman–Crippen MR) is 79.9 cm³/mol. The first-order valence-electron chi connectivity index (χ1n) is 6.48. The zero-order chi connectivity index (χ0) is 14.3. The maximum Gasteiger partial charge on any atom is 0.180 e. The first-order chi connectivity index (χ1) is 9.56. The summed E-state index contributed by atoms with van der Waals surface area (Å²) in [4.78, 5) is 13.5. The van der Waals surface area contributed by atoms with Crippen molar-refractivity contribution in [1.29, 1.82) is 0 Å². The molecule has 2 aromatic rings. The average molecular weight is 309 g/mol. The second kappa shape index (κ2) is 5.28. The van der Waals surface area contributed by atoms with Crippen molar-refractivity contribution in [2.45, 2.75) is 32.9 Å². The van der Waals surface area contributed by atoms with Gasteiger partial charge in [-0.2, -0.15) is 0 Å². The Kier molecular flexibility index (Phi) is 3.63. The maximum absolute atomic E-state index is 6.20. The van der Waals surface area contributed by atoms with E-state index in [2.05, 4.69) is 34.1 Å². The molecule has 20 heavy (non-hydrogen) atoms. The van der Waals surface area contributed by atoms with Crippen molar-refractivity contribution < 1.29 is 0 Å². The Morgan fingerprint density at radius 3 is 2.70 bits per heavy atom. The number of fused-ring (bicyclic) bond motifs is 1. The van der Waals surface area contributed by atoms with Gasteiger partial charge in [-0.3, -0.25) is 0 Å². The number of rotatable bonds is 2. The molecular weight excluding hydrogens is 295 g/mol. The van der Waals surface area contributed by atoms with Crippen LogP contribution in [0.2, 0.25) is 10.0 Å². The third kappa shape index (κ3) is 2.39. The summed E-state index contributed by atoms with van der Waals surface area (Å²) >= 11 is 12.1. The van der Waals surface area contributed by atoms with Crippen molar-refractivity contribution in [2.24, 2.45) is 0 Å². The molecule has 0 saturated heterocycles. The van der Waals surface area contributed by atoms with E-state index in [1.165, 1.54) is 5.56 Å². The number of aromatic nitrogens is 3. The molecule has 0 amide bonds. The Hall–Kier alpha value is -1.23. The molecule has 0 spiro atoms. The lowest BCUT2D eigenvalue weighted by atomic mass is 10.0. The third-order valence-corrected chi connectivity index (χ3v) is 3.78. The summed E-state index contributed by atoms with van der Waals surface area (Å²) in [5.74, 6) is 0.897. The predicted octanol–water partition coefficient (Wildman–Crippen LogP) is 3.57. The number of pyridine rings is 1. The fourth-order valence-corrected chi connectivity index (χ4v) is 2.82. The summed E-state index contributed by atoms with van der Waals surface area (Å²) in [6.07, 6.45) is 1.56. The summed E-state index contributed by atoms with van der Waals surface area (Å²) in [5.41, 5.74) is 3.87. The molecule has 1 N–H and O–H groups in total. The molecule has 0 saturated carbocycles. The van der Waals surface area contributed by atoms with Gasteiger partial charge in [-0.05, 0) is 12.0 Å². The Balaban J connectivity index is 2.17. The van der Waals surface area contributed by atoms with Crippen LogP contribution in [0.25, 0.3) is 11.5 Å². The number of hydrogen-bond acceptors (Lipinski definition) is 4. The molecule has 0 aromatic carbocycles. The van der Waals surface area contributed by atoms with Gasteiger partial charge >= 0.3 is 0 Å². The van der Waals surface area contributed by atoms with Gasteiger partial charge in [-0.1, -0.05) is 37.0 Å². The van der Waals surface area contributed by atoms with Gasteiger partial charge in [0.2, 0.25) is 0 Å². The van der Waals surface area contributed by atoms with Gasteiger partial charge in [0.15, 0.2) is 5.82 Å². The minimum absolute atomic E-state index is 0.330. The number of halogens is 2. The molecule has 1 aliphatic heterocycles. The molecule has 1 aliphatic rings. The zero-order valence-electron chi connectivity index (χ0n) is 11.2. The lowest BCUT2D eigenvalue weighted by Crippen LogP contribution is -2.06. The van der Waals surface area contributed by atoms with Crippen LogP contribution in [0.5, 0.6) is 0 Å². The summed E-state index contributed by atoms with van der Waals surface area (Å²) in [5, 5.41) is 4.28. The highest BCUT2D eigenvalue weighted by Crippen LogP contribution is 2.30. The fourth-order valence-electron chi connectivity index (χ4n) is 2.36. The Bertz CT molecular complexity index is 670. The topological polar surface area (TPSA) is 50.7 Å². The SMILES string of the molecule is CC(C)c1nc(-c2ncc(Cl)cc2Cl)nc2c1CNC2. The third-order valence-electron chi connectivity index (χ3n) is 3.29. The number of nitrogens with zero attached hydrogens (tertiary/aromatic N) is 3. The van der Waals surface area contributed by atoms with Crippen LogP contribution in [0.3, 0.4) is 0 Å². The number of nitrogens with one attached hydrogen (secondary N) is 1. The monoisotopic (exact) mass is 308 g/mol. The Morgan fingerprint density at radius 1 is 1.20 bits per heavy atom. The van der Waals surface area contributed by atoms with Crippen molar-refractivity contribution in [1.82, 2.24) is 20.3 Å². The molecule has 3 heterocycles. The van der Waals surface area contributed by atoms with E-state index in [0.717, 1.165) is 24.5 Å². The summed E-state index contributed by atoms with van der Waals surface area (Å²) in [6, 6.07) is 1.66. The molecule has 0 fully saturated rings. The van der Waals surface area contributed by atoms with Crippen LogP contribution >= 0.6 is 23.2 Å². The van der Waals surface area contributed by atoms with Crippen molar-refractivity contribution in [3.05, 3.63) is 39.3 Å². The lowest BCUT2D eigenvalue weighted by molar-refractivity contribution is 0.746. The highest BCUT2D eigenvalue weighted by Gasteiger charge is 2.22. The van der Waals surface area contributed by atoms with Gasteiger partial charge in [0.25, 0.3) is 0 Å². The van der Waals surface area contributed by atoms with E-state index in [-0.39, 0.29) is 0 Å². The van der Waals surface area contributed by atoms with Gasteiger partial charge in [0.1, 0.15) is 5.69 Å². The Labute approximate surface area is 127 Å². The fraction of sp³-hybridized carbons (Fsp3) is 0.357. The molecule has 0 bridgehead atoms. The summed E-state index contributed by atoms with van der Waals surface area (Å²) in [6.45, 7) is 5.84. The van der Waals surface area contributed by atoms with Crippen molar-refractivity contribution in [2.75, 3.05) is 0 Å². The highest BCUT2D eigenvalue weighted by molar-refractivity contribution is 6.35. The van der Waals surface area contributed by atoms with Gasteiger partial charge < -0.3 is 5.32 Å². The van der Waals surface area contributed by atoms with Crippen LogP contribution in [-0.4, -0.2) is 15.0 Å². The van der Waals surface area contributed by atoms with E-state index in [1.54, 1.807) is 12.3 Å². The molecule has 0 aliphatic carbocycles. The second-order valence-corrected chi connectivity index (χ2v) is 5.94. The smallest absolute Gasteiger partial charge is 0.180 e. The Morgan fingerprint density at radius 2 is 2.00 bits per heavy atom. The lowest BCUT2D eigenvalue weighted by Gasteiger charge is -2.12. The van der Waals surface area contributed by atoms with Crippen molar-refractivity contribution in [3.63, 3.8) is 0 Å². The molecule has 0 radical (unpaired) electrons. The quantitative estimate of drug-likeness (QED) is 0.921. The van der Waals surface area contributed by atoms with Crippen LogP contribution in [-0.2, 0) is 13.1 Å². The van der Waals surface area contributed by atoms with Crippen molar-refractivity contribution >= 4 is 23.2 Å². The van der Waals surface area contributed by atoms with Gasteiger partial charge in [0.05, 0.1) is 21.4 Å². The first kappa shape index (κ1) is 13.7. The normalized spacial score (nSPS) is 13.8. The molecule has 3 rings (SSSR count). The first-order valence-corrected chi connectivity index (χ1v) is 7.23. The average Bonchev–Trinajstić information content (AvgIpc) is 2.85. The van der Waals surface area contributed by atoms with E-state index in [1.807, 2.05) is 0 Å². The number of hydrogen-bond donors (Lipinski definition) is 1. The molecular formula is C14H14Cl2N4. The second-order valence-electron chi connectivity index (χ2n) is 5.10. The largest absolute Gasteiger partial charge is 0.307 e. The molecule has 0 atom stereocenters. The van der Waals surface area contributed by atoms with Gasteiger partial charge in [-0.25, -0.2) is 15.0 Å². The van der Waals surface area contributed by atoms with Crippen LogP contribution in [0.1, 0.15) is 36.7 Å². The van der Waals surface area contributed by atoms with E-state index >= 15 is 0 Å². The van der Waals surface area contributed by atoms with Crippen LogP contribution in [0, 0.1) is 0 Å². The highest BCUT2D eigenvalue weighted by atomic mass is 35.5. The van der Waals surface area contributed by atoms with Crippen molar-refractivity contribution in [3.8, 4) is 11.5 Å². The van der Waals surface area contributed by atoms with E-state index in [9.17, 15) is 0 Å². The molecule has 0 unspecified atom stereocenters.